The zero-order valence-electron chi connectivity index (χ0n) is 14.0. The third-order valence-electron chi connectivity index (χ3n) is 6.32. The number of fused-ring (bicyclic) bond motifs is 3. The lowest BCUT2D eigenvalue weighted by atomic mass is 9.64. The van der Waals surface area contributed by atoms with Crippen LogP contribution in [0.25, 0.3) is 4.85 Å². The highest BCUT2D eigenvalue weighted by Gasteiger charge is 2.63. The van der Waals surface area contributed by atoms with Crippen LogP contribution in [0.2, 0.25) is 0 Å². The molecule has 3 nitrogen and oxygen atoms in total. The van der Waals surface area contributed by atoms with Crippen LogP contribution < -0.4 is 0 Å². The van der Waals surface area contributed by atoms with Gasteiger partial charge in [-0.15, -0.1) is 0 Å². The molecule has 21 heavy (non-hydrogen) atoms. The van der Waals surface area contributed by atoms with Crippen LogP contribution in [0.3, 0.4) is 0 Å². The van der Waals surface area contributed by atoms with Crippen LogP contribution in [0.4, 0.5) is 0 Å². The molecule has 0 spiro atoms. The summed E-state index contributed by atoms with van der Waals surface area (Å²) in [7, 11) is 4.22. The first-order chi connectivity index (χ1) is 9.71. The van der Waals surface area contributed by atoms with Crippen LogP contribution in [0, 0.1) is 6.57 Å². The molecule has 3 aliphatic rings. The molecule has 0 aromatic carbocycles. The normalized spacial score (nSPS) is 34.8. The second kappa shape index (κ2) is 3.82. The Hall–Kier alpha value is -1.95. The minimum Gasteiger partial charge on any atom is -0.365 e. The van der Waals surface area contributed by atoms with Crippen molar-refractivity contribution in [3.05, 3.63) is 57.4 Å². The Morgan fingerprint density at radius 2 is 1.38 bits per heavy atom. The minimum atomic E-state index is -0.213. The summed E-state index contributed by atoms with van der Waals surface area (Å²) in [4.78, 5) is 8.27. The largest absolute Gasteiger partial charge is 0.365 e. The van der Waals surface area contributed by atoms with Gasteiger partial charge in [-0.2, -0.15) is 0 Å². The fourth-order valence-electron chi connectivity index (χ4n) is 4.39. The lowest BCUT2D eigenvalue weighted by Gasteiger charge is -2.53. The monoisotopic (exact) mass is 281 g/mol. The van der Waals surface area contributed by atoms with Crippen LogP contribution in [0.5, 0.6) is 0 Å². The van der Waals surface area contributed by atoms with Gasteiger partial charge in [0.2, 0.25) is 5.82 Å². The molecule has 0 aromatic rings. The van der Waals surface area contributed by atoms with E-state index in [2.05, 4.69) is 75.5 Å². The summed E-state index contributed by atoms with van der Waals surface area (Å²) in [6, 6.07) is 0. The van der Waals surface area contributed by atoms with Gasteiger partial charge in [0.25, 0.3) is 0 Å². The third-order valence-corrected chi connectivity index (χ3v) is 6.32. The second-order valence-corrected chi connectivity index (χ2v) is 6.74. The number of rotatable bonds is 0. The summed E-state index contributed by atoms with van der Waals surface area (Å²) in [5.74, 6) is 0.736. The first kappa shape index (κ1) is 14.0. The van der Waals surface area contributed by atoms with Crippen molar-refractivity contribution < 1.29 is 0 Å². The van der Waals surface area contributed by atoms with E-state index in [4.69, 9.17) is 6.57 Å². The van der Waals surface area contributed by atoms with Gasteiger partial charge >= 0.3 is 0 Å². The number of nitrogens with zero attached hydrogens (tertiary/aromatic N) is 3. The fraction of sp³-hybridized carbons (Fsp3) is 0.500. The van der Waals surface area contributed by atoms with Crippen molar-refractivity contribution in [1.29, 1.82) is 0 Å². The molecule has 1 aliphatic carbocycles. The Morgan fingerprint density at radius 3 is 1.90 bits per heavy atom. The van der Waals surface area contributed by atoms with Crippen molar-refractivity contribution in [3.8, 4) is 0 Å². The Labute approximate surface area is 127 Å². The van der Waals surface area contributed by atoms with Crippen molar-refractivity contribution in [2.24, 2.45) is 0 Å². The maximum Gasteiger partial charge on any atom is 0.226 e. The average Bonchev–Trinajstić information content (AvgIpc) is 2.86. The molecule has 3 rings (SSSR count). The van der Waals surface area contributed by atoms with Crippen LogP contribution in [0.1, 0.15) is 34.6 Å². The fourth-order valence-corrected chi connectivity index (χ4v) is 4.39. The van der Waals surface area contributed by atoms with Gasteiger partial charge in [0.1, 0.15) is 11.1 Å². The number of hydrogen-bond acceptors (Lipinski definition) is 2. The summed E-state index contributed by atoms with van der Waals surface area (Å²) in [6.45, 7) is 18.6. The molecule has 2 unspecified atom stereocenters. The smallest absolute Gasteiger partial charge is 0.226 e. The molecule has 0 fully saturated rings. The zero-order valence-corrected chi connectivity index (χ0v) is 14.0. The van der Waals surface area contributed by atoms with Crippen molar-refractivity contribution >= 4 is 0 Å². The second-order valence-electron chi connectivity index (χ2n) is 6.74. The van der Waals surface area contributed by atoms with E-state index in [1.54, 1.807) is 0 Å². The summed E-state index contributed by atoms with van der Waals surface area (Å²) in [5.41, 5.74) is 6.27. The maximum atomic E-state index is 7.48. The average molecular weight is 281 g/mol. The van der Waals surface area contributed by atoms with Gasteiger partial charge in [0.05, 0.1) is 7.05 Å². The van der Waals surface area contributed by atoms with E-state index in [9.17, 15) is 0 Å². The Kier molecular flexibility index (Phi) is 2.55. The molecule has 2 atom stereocenters. The summed E-state index contributed by atoms with van der Waals surface area (Å²) < 4.78 is 0. The van der Waals surface area contributed by atoms with E-state index >= 15 is 0 Å². The number of likely N-dealkylation sites (N-methyl/N-ethyl adjacent to an activating group) is 2. The molecular formula is C18H23N3. The van der Waals surface area contributed by atoms with Crippen LogP contribution in [-0.2, 0) is 0 Å². The van der Waals surface area contributed by atoms with E-state index in [0.717, 1.165) is 5.82 Å². The minimum absolute atomic E-state index is 0.145. The molecule has 0 radical (unpaired) electrons. The van der Waals surface area contributed by atoms with E-state index < -0.39 is 0 Å². The number of hydrogen-bond donors (Lipinski definition) is 0. The van der Waals surface area contributed by atoms with Gasteiger partial charge in [-0.1, -0.05) is 6.57 Å². The highest BCUT2D eigenvalue weighted by atomic mass is 15.3. The Bertz CT molecular complexity index is 713. The topological polar surface area (TPSA) is 10.8 Å². The van der Waals surface area contributed by atoms with Gasteiger partial charge in [0, 0.05) is 12.7 Å². The molecule has 3 heteroatoms. The highest BCUT2D eigenvalue weighted by molar-refractivity contribution is 5.65. The van der Waals surface area contributed by atoms with Gasteiger partial charge < -0.3 is 14.6 Å². The Balaban J connectivity index is 2.37. The van der Waals surface area contributed by atoms with Gasteiger partial charge in [0.15, 0.2) is 0 Å². The quantitative estimate of drug-likeness (QED) is 0.627. The standard InChI is InChI=1S/C18H23N3/c1-11-9-14-12(2)13(3)15-10-16(19-6)21(8)18(15,5)17(14,4)20(11)7/h9-10H,1-5,7-8H3. The molecule has 0 aromatic heterocycles. The molecule has 0 saturated heterocycles. The van der Waals surface area contributed by atoms with Crippen molar-refractivity contribution in [3.63, 3.8) is 0 Å². The summed E-state index contributed by atoms with van der Waals surface area (Å²) in [5, 5.41) is 0. The maximum absolute atomic E-state index is 7.48. The first-order valence-electron chi connectivity index (χ1n) is 7.39. The third kappa shape index (κ3) is 1.25. The van der Waals surface area contributed by atoms with E-state index in [1.807, 2.05) is 0 Å². The lowest BCUT2D eigenvalue weighted by Crippen LogP contribution is -2.65. The van der Waals surface area contributed by atoms with E-state index in [0.29, 0.717) is 0 Å². The van der Waals surface area contributed by atoms with Crippen molar-refractivity contribution in [1.82, 2.24) is 9.80 Å². The lowest BCUT2D eigenvalue weighted by molar-refractivity contribution is 0.0717. The predicted molar refractivity (Wildman–Crippen MR) is 86.2 cm³/mol. The van der Waals surface area contributed by atoms with E-state index in [-0.39, 0.29) is 11.1 Å². The molecule has 110 valence electrons. The van der Waals surface area contributed by atoms with Gasteiger partial charge in [-0.3, -0.25) is 0 Å². The summed E-state index contributed by atoms with van der Waals surface area (Å²) in [6.07, 6.45) is 4.39. The van der Waals surface area contributed by atoms with Crippen LogP contribution in [0.15, 0.2) is 46.0 Å². The number of allylic oxidation sites excluding steroid dienone is 3. The van der Waals surface area contributed by atoms with Crippen LogP contribution >= 0.6 is 0 Å². The van der Waals surface area contributed by atoms with Crippen molar-refractivity contribution in [2.45, 2.75) is 45.7 Å². The molecule has 0 bridgehead atoms. The van der Waals surface area contributed by atoms with Gasteiger partial charge in [-0.25, -0.2) is 0 Å². The predicted octanol–water partition coefficient (Wildman–Crippen LogP) is 3.71. The molecule has 2 aliphatic heterocycles. The molecule has 0 N–H and O–H groups in total. The highest BCUT2D eigenvalue weighted by Crippen LogP contribution is 2.57. The molecular weight excluding hydrogens is 258 g/mol. The molecule has 0 amide bonds. The zero-order chi connectivity index (χ0) is 15.7. The van der Waals surface area contributed by atoms with Crippen molar-refractivity contribution in [2.75, 3.05) is 14.1 Å². The van der Waals surface area contributed by atoms with E-state index in [1.165, 1.54) is 28.0 Å². The Morgan fingerprint density at radius 1 is 0.905 bits per heavy atom. The molecule has 0 saturated carbocycles. The van der Waals surface area contributed by atoms with Crippen LogP contribution in [-0.4, -0.2) is 35.0 Å². The first-order valence-corrected chi connectivity index (χ1v) is 7.39. The van der Waals surface area contributed by atoms with Gasteiger partial charge in [-0.05, 0) is 69.1 Å². The summed E-state index contributed by atoms with van der Waals surface area (Å²) >= 11 is 0. The SMILES string of the molecule is [C-]#[N+]C1=CC2=C(C)C(C)=C3C=C(C)N(C)C3(C)C2(C)N1C. The molecule has 2 heterocycles.